The van der Waals surface area contributed by atoms with Crippen LogP contribution in [0.25, 0.3) is 11.1 Å². The van der Waals surface area contributed by atoms with E-state index in [0.717, 1.165) is 29.7 Å². The van der Waals surface area contributed by atoms with E-state index >= 15 is 0 Å². The lowest BCUT2D eigenvalue weighted by Gasteiger charge is -2.20. The average Bonchev–Trinajstić information content (AvgIpc) is 2.47. The molecule has 1 aliphatic carbocycles. The number of aromatic hydroxyl groups is 1. The number of hydrogen-bond acceptors (Lipinski definition) is 2. The fraction of sp³-hybridized carbons (Fsp3) is 0.294. The fourth-order valence-corrected chi connectivity index (χ4v) is 2.89. The van der Waals surface area contributed by atoms with Gasteiger partial charge in [0.2, 0.25) is 0 Å². The molecule has 0 saturated heterocycles. The van der Waals surface area contributed by atoms with Gasteiger partial charge in [-0.25, -0.2) is 0 Å². The van der Waals surface area contributed by atoms with E-state index in [1.807, 2.05) is 6.07 Å². The predicted molar refractivity (Wildman–Crippen MR) is 76.7 cm³/mol. The van der Waals surface area contributed by atoms with Crippen molar-refractivity contribution in [3.63, 3.8) is 0 Å². The zero-order valence-electron chi connectivity index (χ0n) is 11.1. The first-order valence-corrected chi connectivity index (χ1v) is 6.78. The highest BCUT2D eigenvalue weighted by Crippen LogP contribution is 2.37. The number of rotatable bonds is 2. The molecule has 19 heavy (non-hydrogen) atoms. The van der Waals surface area contributed by atoms with Crippen LogP contribution in [0.5, 0.6) is 11.5 Å². The Hall–Kier alpha value is -1.96. The molecule has 0 saturated carbocycles. The summed E-state index contributed by atoms with van der Waals surface area (Å²) in [5.74, 6) is 1.10. The molecule has 3 rings (SSSR count). The summed E-state index contributed by atoms with van der Waals surface area (Å²) >= 11 is 0. The van der Waals surface area contributed by atoms with Gasteiger partial charge in [0.05, 0.1) is 7.11 Å². The summed E-state index contributed by atoms with van der Waals surface area (Å²) in [6.07, 6.45) is 4.74. The zero-order valence-corrected chi connectivity index (χ0v) is 11.1. The van der Waals surface area contributed by atoms with Crippen LogP contribution in [0, 0.1) is 0 Å². The maximum atomic E-state index is 10.1. The monoisotopic (exact) mass is 254 g/mol. The molecule has 0 radical (unpaired) electrons. The largest absolute Gasteiger partial charge is 0.507 e. The van der Waals surface area contributed by atoms with Crippen LogP contribution in [0.2, 0.25) is 0 Å². The van der Waals surface area contributed by atoms with E-state index < -0.39 is 0 Å². The van der Waals surface area contributed by atoms with Crippen LogP contribution in [0.1, 0.15) is 24.0 Å². The van der Waals surface area contributed by atoms with Gasteiger partial charge in [-0.1, -0.05) is 18.2 Å². The number of fused-ring (bicyclic) bond motifs is 1. The van der Waals surface area contributed by atoms with Crippen LogP contribution in [0.4, 0.5) is 0 Å². The normalized spacial score (nSPS) is 13.9. The van der Waals surface area contributed by atoms with Crippen molar-refractivity contribution in [3.8, 4) is 22.6 Å². The molecule has 0 fully saturated rings. The topological polar surface area (TPSA) is 29.5 Å². The van der Waals surface area contributed by atoms with E-state index in [-0.39, 0.29) is 0 Å². The van der Waals surface area contributed by atoms with E-state index in [1.165, 1.54) is 24.0 Å². The molecular formula is C17H18O2. The van der Waals surface area contributed by atoms with Gasteiger partial charge in [-0.15, -0.1) is 0 Å². The van der Waals surface area contributed by atoms with E-state index in [4.69, 9.17) is 4.74 Å². The van der Waals surface area contributed by atoms with Crippen LogP contribution >= 0.6 is 0 Å². The molecule has 98 valence electrons. The van der Waals surface area contributed by atoms with E-state index in [1.54, 1.807) is 19.2 Å². The molecule has 0 amide bonds. The second-order valence-electron chi connectivity index (χ2n) is 5.03. The quantitative estimate of drug-likeness (QED) is 0.879. The maximum absolute atomic E-state index is 10.1. The Morgan fingerprint density at radius 1 is 1.00 bits per heavy atom. The second-order valence-corrected chi connectivity index (χ2v) is 5.03. The fourth-order valence-electron chi connectivity index (χ4n) is 2.89. The molecule has 0 aromatic heterocycles. The minimum absolute atomic E-state index is 0.319. The minimum atomic E-state index is 0.319. The summed E-state index contributed by atoms with van der Waals surface area (Å²) in [4.78, 5) is 0. The molecule has 2 aromatic carbocycles. The number of phenolic OH excluding ortho intramolecular Hbond substituents is 1. The Morgan fingerprint density at radius 2 is 1.84 bits per heavy atom. The number of methoxy groups -OCH3 is 1. The summed E-state index contributed by atoms with van der Waals surface area (Å²) in [6, 6.07) is 11.8. The molecule has 2 aromatic rings. The van der Waals surface area contributed by atoms with Gasteiger partial charge in [0, 0.05) is 5.56 Å². The number of aryl methyl sites for hydroxylation is 1. The Morgan fingerprint density at radius 3 is 2.68 bits per heavy atom. The van der Waals surface area contributed by atoms with E-state index in [0.29, 0.717) is 5.75 Å². The molecule has 0 bridgehead atoms. The van der Waals surface area contributed by atoms with Crippen molar-refractivity contribution in [3.05, 3.63) is 47.5 Å². The molecule has 1 aliphatic rings. The highest BCUT2D eigenvalue weighted by Gasteiger charge is 2.16. The molecule has 0 unspecified atom stereocenters. The SMILES string of the molecule is COc1ccc(O)c(-c2cccc3c2CCCC3)c1. The third kappa shape index (κ3) is 2.19. The predicted octanol–water partition coefficient (Wildman–Crippen LogP) is 3.95. The highest BCUT2D eigenvalue weighted by molar-refractivity contribution is 5.75. The van der Waals surface area contributed by atoms with Gasteiger partial charge in [-0.05, 0) is 60.6 Å². The van der Waals surface area contributed by atoms with E-state index in [9.17, 15) is 5.11 Å². The third-order valence-electron chi connectivity index (χ3n) is 3.89. The molecule has 2 heteroatoms. The summed E-state index contributed by atoms with van der Waals surface area (Å²) in [5, 5.41) is 10.1. The van der Waals surface area contributed by atoms with Gasteiger partial charge in [-0.3, -0.25) is 0 Å². The van der Waals surface area contributed by atoms with Gasteiger partial charge in [0.25, 0.3) is 0 Å². The van der Waals surface area contributed by atoms with Crippen LogP contribution in [-0.2, 0) is 12.8 Å². The van der Waals surface area contributed by atoms with Crippen molar-refractivity contribution >= 4 is 0 Å². The van der Waals surface area contributed by atoms with Gasteiger partial charge < -0.3 is 9.84 Å². The minimum Gasteiger partial charge on any atom is -0.507 e. The number of benzene rings is 2. The van der Waals surface area contributed by atoms with Crippen LogP contribution in [0.3, 0.4) is 0 Å². The number of hydrogen-bond donors (Lipinski definition) is 1. The molecule has 0 spiro atoms. The van der Waals surface area contributed by atoms with Crippen molar-refractivity contribution < 1.29 is 9.84 Å². The van der Waals surface area contributed by atoms with Crippen LogP contribution in [-0.4, -0.2) is 12.2 Å². The maximum Gasteiger partial charge on any atom is 0.123 e. The summed E-state index contributed by atoms with van der Waals surface area (Å²) < 4.78 is 5.26. The van der Waals surface area contributed by atoms with Crippen LogP contribution < -0.4 is 4.74 Å². The average molecular weight is 254 g/mol. The Labute approximate surface area is 113 Å². The first-order valence-electron chi connectivity index (χ1n) is 6.78. The number of ether oxygens (including phenoxy) is 1. The van der Waals surface area contributed by atoms with Crippen molar-refractivity contribution in [1.29, 1.82) is 0 Å². The zero-order chi connectivity index (χ0) is 13.2. The Balaban J connectivity index is 2.16. The second kappa shape index (κ2) is 4.96. The van der Waals surface area contributed by atoms with Crippen molar-refractivity contribution in [2.24, 2.45) is 0 Å². The summed E-state index contributed by atoms with van der Waals surface area (Å²) in [6.45, 7) is 0. The molecule has 1 N–H and O–H groups in total. The lowest BCUT2D eigenvalue weighted by atomic mass is 9.86. The lowest BCUT2D eigenvalue weighted by molar-refractivity contribution is 0.412. The summed E-state index contributed by atoms with van der Waals surface area (Å²) in [5.41, 5.74) is 4.83. The number of phenols is 1. The highest BCUT2D eigenvalue weighted by atomic mass is 16.5. The molecule has 2 nitrogen and oxygen atoms in total. The molecular weight excluding hydrogens is 236 g/mol. The summed E-state index contributed by atoms with van der Waals surface area (Å²) in [7, 11) is 1.65. The molecule has 0 aliphatic heterocycles. The van der Waals surface area contributed by atoms with Gasteiger partial charge in [0.1, 0.15) is 11.5 Å². The first kappa shape index (κ1) is 12.1. The van der Waals surface area contributed by atoms with Crippen molar-refractivity contribution in [2.45, 2.75) is 25.7 Å². The van der Waals surface area contributed by atoms with Gasteiger partial charge in [0.15, 0.2) is 0 Å². The van der Waals surface area contributed by atoms with E-state index in [2.05, 4.69) is 18.2 Å². The third-order valence-corrected chi connectivity index (χ3v) is 3.89. The van der Waals surface area contributed by atoms with Crippen molar-refractivity contribution in [2.75, 3.05) is 7.11 Å². The lowest BCUT2D eigenvalue weighted by Crippen LogP contribution is -2.04. The smallest absolute Gasteiger partial charge is 0.123 e. The van der Waals surface area contributed by atoms with Gasteiger partial charge in [-0.2, -0.15) is 0 Å². The molecule has 0 heterocycles. The van der Waals surface area contributed by atoms with Crippen LogP contribution in [0.15, 0.2) is 36.4 Å². The first-order chi connectivity index (χ1) is 9.29. The van der Waals surface area contributed by atoms with Gasteiger partial charge >= 0.3 is 0 Å². The standard InChI is InChI=1S/C17H18O2/c1-19-13-9-10-17(18)16(11-13)15-8-4-6-12-5-2-3-7-14(12)15/h4,6,8-11,18H,2-3,5,7H2,1H3. The van der Waals surface area contributed by atoms with Crippen molar-refractivity contribution in [1.82, 2.24) is 0 Å². The molecule has 0 atom stereocenters. The Bertz CT molecular complexity index is 602. The Kier molecular flexibility index (Phi) is 3.16.